The summed E-state index contributed by atoms with van der Waals surface area (Å²) >= 11 is 0. The Bertz CT molecular complexity index is 757. The molecule has 2 aromatic rings. The highest BCUT2D eigenvalue weighted by Gasteiger charge is 2.37. The largest absolute Gasteiger partial charge is 0.492 e. The summed E-state index contributed by atoms with van der Waals surface area (Å²) in [6, 6.07) is 7.97. The molecule has 2 unspecified atom stereocenters. The number of para-hydroxylation sites is 1. The molecule has 3 heterocycles. The molecular weight excluding hydrogens is 304 g/mol. The van der Waals surface area contributed by atoms with Crippen molar-refractivity contribution in [3.05, 3.63) is 48.0 Å². The van der Waals surface area contributed by atoms with Crippen molar-refractivity contribution in [2.75, 3.05) is 33.3 Å². The lowest BCUT2D eigenvalue weighted by atomic mass is 9.99. The van der Waals surface area contributed by atoms with Crippen LogP contribution in [-0.4, -0.2) is 58.5 Å². The van der Waals surface area contributed by atoms with Gasteiger partial charge < -0.3 is 14.2 Å². The van der Waals surface area contributed by atoms with Gasteiger partial charge in [0, 0.05) is 44.6 Å². The van der Waals surface area contributed by atoms with E-state index in [1.54, 1.807) is 0 Å². The summed E-state index contributed by atoms with van der Waals surface area (Å²) in [7, 11) is 4.09. The Morgan fingerprint density at radius 1 is 1.25 bits per heavy atom. The van der Waals surface area contributed by atoms with Crippen LogP contribution in [0.3, 0.4) is 0 Å². The summed E-state index contributed by atoms with van der Waals surface area (Å²) in [5.41, 5.74) is 1.01. The summed E-state index contributed by atoms with van der Waals surface area (Å²) in [6.45, 7) is 2.70. The number of nitrogens with zero attached hydrogens (tertiary/aromatic N) is 4. The van der Waals surface area contributed by atoms with Crippen LogP contribution in [0.2, 0.25) is 0 Å². The summed E-state index contributed by atoms with van der Waals surface area (Å²) in [6.07, 6.45) is 3.76. The first-order valence-electron chi connectivity index (χ1n) is 8.33. The van der Waals surface area contributed by atoms with Gasteiger partial charge in [0.2, 0.25) is 5.91 Å². The molecule has 2 aliphatic rings. The number of fused-ring (bicyclic) bond motifs is 1. The smallest absolute Gasteiger partial charge is 0.233 e. The zero-order valence-corrected chi connectivity index (χ0v) is 14.1. The fraction of sp³-hybridized carbons (Fsp3) is 0.444. The van der Waals surface area contributed by atoms with Crippen molar-refractivity contribution in [2.24, 2.45) is 7.05 Å². The number of carbonyl (C=O) groups excluding carboxylic acids is 1. The number of benzene rings is 1. The van der Waals surface area contributed by atoms with Crippen LogP contribution in [-0.2, 0) is 11.8 Å². The van der Waals surface area contributed by atoms with Crippen LogP contribution in [0, 0.1) is 0 Å². The Morgan fingerprint density at radius 2 is 2.08 bits per heavy atom. The van der Waals surface area contributed by atoms with E-state index in [2.05, 4.69) is 16.9 Å². The number of likely N-dealkylation sites (N-methyl/N-ethyl adjacent to an activating group) is 1. The van der Waals surface area contributed by atoms with Gasteiger partial charge in [-0.2, -0.15) is 0 Å². The summed E-state index contributed by atoms with van der Waals surface area (Å²) in [5, 5.41) is 0. The average Bonchev–Trinajstić information content (AvgIpc) is 3.21. The molecule has 0 radical (unpaired) electrons. The van der Waals surface area contributed by atoms with Crippen molar-refractivity contribution >= 4 is 5.91 Å². The van der Waals surface area contributed by atoms with E-state index in [1.165, 1.54) is 0 Å². The number of hydrogen-bond acceptors (Lipinski definition) is 4. The van der Waals surface area contributed by atoms with Crippen LogP contribution >= 0.6 is 0 Å². The first kappa shape index (κ1) is 15.2. The second kappa shape index (κ2) is 5.94. The van der Waals surface area contributed by atoms with E-state index in [-0.39, 0.29) is 17.9 Å². The lowest BCUT2D eigenvalue weighted by Crippen LogP contribution is -2.51. The van der Waals surface area contributed by atoms with Gasteiger partial charge in [0.15, 0.2) is 0 Å². The number of amides is 1. The van der Waals surface area contributed by atoms with Crippen LogP contribution in [0.25, 0.3) is 0 Å². The van der Waals surface area contributed by atoms with Gasteiger partial charge in [-0.3, -0.25) is 9.69 Å². The third kappa shape index (κ3) is 2.47. The number of hydrogen-bond donors (Lipinski definition) is 0. The van der Waals surface area contributed by atoms with Gasteiger partial charge >= 0.3 is 0 Å². The molecule has 0 saturated carbocycles. The minimum atomic E-state index is -0.188. The molecule has 6 heteroatoms. The highest BCUT2D eigenvalue weighted by molar-refractivity contribution is 5.85. The first-order valence-corrected chi connectivity index (χ1v) is 8.33. The Labute approximate surface area is 141 Å². The van der Waals surface area contributed by atoms with Crippen LogP contribution < -0.4 is 4.74 Å². The summed E-state index contributed by atoms with van der Waals surface area (Å²) in [4.78, 5) is 21.8. The SMILES string of the molecule is CN1CCN(C(=O)C2COc3ccccc32)CC1c1nccn1C. The quantitative estimate of drug-likeness (QED) is 0.837. The molecule has 4 rings (SSSR count). The van der Waals surface area contributed by atoms with Crippen molar-refractivity contribution in [1.29, 1.82) is 0 Å². The maximum atomic E-state index is 13.1. The van der Waals surface area contributed by atoms with Gasteiger partial charge in [-0.1, -0.05) is 18.2 Å². The molecule has 1 aromatic heterocycles. The van der Waals surface area contributed by atoms with E-state index in [0.717, 1.165) is 30.2 Å². The zero-order valence-electron chi connectivity index (χ0n) is 14.1. The maximum Gasteiger partial charge on any atom is 0.233 e. The van der Waals surface area contributed by atoms with Crippen molar-refractivity contribution in [3.63, 3.8) is 0 Å². The molecule has 0 N–H and O–H groups in total. The Hall–Kier alpha value is -2.34. The van der Waals surface area contributed by atoms with E-state index in [0.29, 0.717) is 13.2 Å². The Balaban J connectivity index is 1.55. The molecule has 24 heavy (non-hydrogen) atoms. The fourth-order valence-corrected chi connectivity index (χ4v) is 3.64. The van der Waals surface area contributed by atoms with Crippen molar-refractivity contribution < 1.29 is 9.53 Å². The third-order valence-electron chi connectivity index (χ3n) is 5.11. The number of piperazine rings is 1. The van der Waals surface area contributed by atoms with Crippen LogP contribution in [0.4, 0.5) is 0 Å². The number of rotatable bonds is 2. The number of aromatic nitrogens is 2. The molecule has 0 aliphatic carbocycles. The number of imidazole rings is 1. The molecule has 1 saturated heterocycles. The number of ether oxygens (including phenoxy) is 1. The fourth-order valence-electron chi connectivity index (χ4n) is 3.64. The topological polar surface area (TPSA) is 50.6 Å². The molecule has 1 fully saturated rings. The monoisotopic (exact) mass is 326 g/mol. The van der Waals surface area contributed by atoms with Gasteiger partial charge in [0.25, 0.3) is 0 Å². The molecule has 6 nitrogen and oxygen atoms in total. The zero-order chi connectivity index (χ0) is 16.7. The minimum Gasteiger partial charge on any atom is -0.492 e. The molecule has 2 aliphatic heterocycles. The predicted octanol–water partition coefficient (Wildman–Crippen LogP) is 1.41. The van der Waals surface area contributed by atoms with Crippen LogP contribution in [0.5, 0.6) is 5.75 Å². The van der Waals surface area contributed by atoms with Crippen molar-refractivity contribution in [3.8, 4) is 5.75 Å². The van der Waals surface area contributed by atoms with Gasteiger partial charge in [-0.05, 0) is 13.1 Å². The molecule has 2 atom stereocenters. The molecular formula is C18H22N4O2. The van der Waals surface area contributed by atoms with Gasteiger partial charge in [0.05, 0.1) is 6.04 Å². The highest BCUT2D eigenvalue weighted by Crippen LogP contribution is 2.35. The second-order valence-corrected chi connectivity index (χ2v) is 6.58. The summed E-state index contributed by atoms with van der Waals surface area (Å²) < 4.78 is 7.72. The third-order valence-corrected chi connectivity index (χ3v) is 5.11. The van der Waals surface area contributed by atoms with Crippen LogP contribution in [0.1, 0.15) is 23.3 Å². The highest BCUT2D eigenvalue weighted by atomic mass is 16.5. The predicted molar refractivity (Wildman–Crippen MR) is 89.8 cm³/mol. The minimum absolute atomic E-state index is 0.125. The van der Waals surface area contributed by atoms with Gasteiger partial charge in [-0.25, -0.2) is 4.98 Å². The van der Waals surface area contributed by atoms with E-state index in [9.17, 15) is 4.79 Å². The molecule has 1 aromatic carbocycles. The van der Waals surface area contributed by atoms with E-state index in [4.69, 9.17) is 4.74 Å². The molecule has 1 amide bonds. The Kier molecular flexibility index (Phi) is 3.76. The standard InChI is InChI=1S/C18H22N4O2/c1-20-9-10-22(11-15(20)17-19-7-8-21(17)2)18(23)14-12-24-16-6-4-3-5-13(14)16/h3-8,14-15H,9-12H2,1-2H3. The maximum absolute atomic E-state index is 13.1. The van der Waals surface area contributed by atoms with Crippen LogP contribution in [0.15, 0.2) is 36.7 Å². The van der Waals surface area contributed by atoms with Gasteiger partial charge in [0.1, 0.15) is 24.1 Å². The number of aryl methyl sites for hydroxylation is 1. The first-order chi connectivity index (χ1) is 11.6. The van der Waals surface area contributed by atoms with Crippen molar-refractivity contribution in [1.82, 2.24) is 19.4 Å². The lowest BCUT2D eigenvalue weighted by Gasteiger charge is -2.39. The second-order valence-electron chi connectivity index (χ2n) is 6.58. The Morgan fingerprint density at radius 3 is 2.88 bits per heavy atom. The molecule has 0 bridgehead atoms. The average molecular weight is 326 g/mol. The summed E-state index contributed by atoms with van der Waals surface area (Å²) in [5.74, 6) is 1.81. The van der Waals surface area contributed by atoms with E-state index in [1.807, 2.05) is 53.2 Å². The molecule has 0 spiro atoms. The van der Waals surface area contributed by atoms with Crippen molar-refractivity contribution in [2.45, 2.75) is 12.0 Å². The molecule has 126 valence electrons. The van der Waals surface area contributed by atoms with E-state index >= 15 is 0 Å². The lowest BCUT2D eigenvalue weighted by molar-refractivity contribution is -0.136. The normalized spacial score (nSPS) is 23.8. The van der Waals surface area contributed by atoms with E-state index < -0.39 is 0 Å². The number of carbonyl (C=O) groups is 1. The van der Waals surface area contributed by atoms with Gasteiger partial charge in [-0.15, -0.1) is 0 Å².